The molecule has 196 valence electrons. The van der Waals surface area contributed by atoms with Gasteiger partial charge in [-0.2, -0.15) is 5.26 Å². The van der Waals surface area contributed by atoms with Gasteiger partial charge in [-0.05, 0) is 84.7 Å². The molecule has 0 fully saturated rings. The van der Waals surface area contributed by atoms with Crippen LogP contribution >= 0.6 is 11.3 Å². The largest absolute Gasteiger partial charge is 0.477 e. The van der Waals surface area contributed by atoms with Crippen molar-refractivity contribution in [2.24, 2.45) is 0 Å². The molecule has 0 amide bonds. The third-order valence-electron chi connectivity index (χ3n) is 6.04. The molecule has 4 nitrogen and oxygen atoms in total. The van der Waals surface area contributed by atoms with Gasteiger partial charge in [0.15, 0.2) is 0 Å². The van der Waals surface area contributed by atoms with Crippen molar-refractivity contribution in [3.05, 3.63) is 117 Å². The highest BCUT2D eigenvalue weighted by molar-refractivity contribution is 7.13. The van der Waals surface area contributed by atoms with E-state index >= 15 is 0 Å². The van der Waals surface area contributed by atoms with Gasteiger partial charge in [0.05, 0.1) is 5.69 Å². The van der Waals surface area contributed by atoms with Crippen molar-refractivity contribution in [1.82, 2.24) is 0 Å². The number of unbranched alkanes of at least 4 members (excludes halogenated alkanes) is 1. The highest BCUT2D eigenvalue weighted by atomic mass is 32.1. The van der Waals surface area contributed by atoms with E-state index in [1.54, 1.807) is 17.0 Å². The quantitative estimate of drug-likeness (QED) is 0.161. The van der Waals surface area contributed by atoms with E-state index in [4.69, 9.17) is 10.4 Å². The second kappa shape index (κ2) is 12.8. The Labute approximate surface area is 230 Å². The van der Waals surface area contributed by atoms with Crippen LogP contribution in [0.5, 0.6) is 0 Å². The average molecular weight is 541 g/mol. The molecule has 0 aliphatic carbocycles. The molecule has 0 aliphatic rings. The van der Waals surface area contributed by atoms with E-state index in [0.717, 1.165) is 47.1 Å². The molecule has 7 heteroatoms. The number of halogens is 2. The minimum absolute atomic E-state index is 0.248. The number of thiophene rings is 1. The second-order valence-electron chi connectivity index (χ2n) is 8.84. The molecule has 0 radical (unpaired) electrons. The van der Waals surface area contributed by atoms with Crippen molar-refractivity contribution < 1.29 is 18.7 Å². The van der Waals surface area contributed by atoms with Crippen LogP contribution in [0.2, 0.25) is 0 Å². The summed E-state index contributed by atoms with van der Waals surface area (Å²) in [4.78, 5) is 14.4. The molecule has 0 saturated heterocycles. The maximum atomic E-state index is 14.9. The van der Waals surface area contributed by atoms with E-state index in [1.165, 1.54) is 35.1 Å². The van der Waals surface area contributed by atoms with Crippen molar-refractivity contribution in [1.29, 1.82) is 5.26 Å². The summed E-state index contributed by atoms with van der Waals surface area (Å²) in [6, 6.07) is 24.4. The molecule has 0 unspecified atom stereocenters. The molecule has 0 bridgehead atoms. The lowest BCUT2D eigenvalue weighted by Crippen LogP contribution is -2.12. The van der Waals surface area contributed by atoms with E-state index in [0.29, 0.717) is 4.88 Å². The molecule has 0 saturated carbocycles. The van der Waals surface area contributed by atoms with Crippen molar-refractivity contribution >= 4 is 52.6 Å². The number of aryl methyl sites for hydroxylation is 1. The number of hydrogen-bond donors (Lipinski definition) is 1. The molecule has 1 heterocycles. The molecule has 0 aliphatic heterocycles. The van der Waals surface area contributed by atoms with E-state index in [-0.39, 0.29) is 11.3 Å². The predicted octanol–water partition coefficient (Wildman–Crippen LogP) is 9.00. The van der Waals surface area contributed by atoms with Crippen molar-refractivity contribution in [2.75, 3.05) is 4.90 Å². The van der Waals surface area contributed by atoms with E-state index in [9.17, 15) is 13.6 Å². The highest BCUT2D eigenvalue weighted by Crippen LogP contribution is 2.36. The third-order valence-corrected chi connectivity index (χ3v) is 7.04. The first kappa shape index (κ1) is 27.5. The first-order valence-electron chi connectivity index (χ1n) is 12.4. The molecule has 39 heavy (non-hydrogen) atoms. The molecular formula is C32H26F2N2O2S. The number of anilines is 3. The van der Waals surface area contributed by atoms with Gasteiger partial charge in [-0.25, -0.2) is 13.6 Å². The molecule has 1 aromatic heterocycles. The predicted molar refractivity (Wildman–Crippen MR) is 154 cm³/mol. The summed E-state index contributed by atoms with van der Waals surface area (Å²) >= 11 is 1.37. The number of nitriles is 1. The van der Waals surface area contributed by atoms with Crippen LogP contribution in [-0.4, -0.2) is 11.1 Å². The Morgan fingerprint density at radius 2 is 1.62 bits per heavy atom. The minimum Gasteiger partial charge on any atom is -0.477 e. The first-order valence-corrected chi connectivity index (χ1v) is 13.3. The van der Waals surface area contributed by atoms with Gasteiger partial charge in [-0.1, -0.05) is 43.7 Å². The van der Waals surface area contributed by atoms with Crippen LogP contribution in [0.4, 0.5) is 25.8 Å². The fraction of sp³-hybridized carbons (Fsp3) is 0.125. The molecule has 0 spiro atoms. The highest BCUT2D eigenvalue weighted by Gasteiger charge is 2.17. The summed E-state index contributed by atoms with van der Waals surface area (Å²) in [6.45, 7) is 2.15. The molecule has 0 atom stereocenters. The Kier molecular flexibility index (Phi) is 9.03. The minimum atomic E-state index is -1.26. The van der Waals surface area contributed by atoms with E-state index in [2.05, 4.69) is 6.92 Å². The van der Waals surface area contributed by atoms with E-state index in [1.807, 2.05) is 66.7 Å². The molecule has 1 N–H and O–H groups in total. The fourth-order valence-electron chi connectivity index (χ4n) is 4.01. The number of carboxylic acid groups (broad SMARTS) is 1. The van der Waals surface area contributed by atoms with Crippen LogP contribution in [-0.2, 0) is 11.2 Å². The van der Waals surface area contributed by atoms with Crippen LogP contribution in [0.25, 0.3) is 18.2 Å². The van der Waals surface area contributed by atoms with Crippen LogP contribution in [0.15, 0.2) is 84.4 Å². The van der Waals surface area contributed by atoms with Gasteiger partial charge in [0.25, 0.3) is 0 Å². The maximum absolute atomic E-state index is 14.9. The van der Waals surface area contributed by atoms with Crippen molar-refractivity contribution in [2.45, 2.75) is 26.2 Å². The SMILES string of the molecule is CCCCc1ccc(N(c2ccc(/C=C/c3ccc(/C=C(/C#N)C(=O)O)s3)cc2)c2ccc(F)cc2F)cc1. The summed E-state index contributed by atoms with van der Waals surface area (Å²) in [6.07, 6.45) is 8.33. The summed E-state index contributed by atoms with van der Waals surface area (Å²) < 4.78 is 28.6. The van der Waals surface area contributed by atoms with Crippen molar-refractivity contribution in [3.8, 4) is 6.07 Å². The number of nitrogens with zero attached hydrogens (tertiary/aromatic N) is 2. The first-order chi connectivity index (χ1) is 18.9. The lowest BCUT2D eigenvalue weighted by atomic mass is 10.1. The monoisotopic (exact) mass is 540 g/mol. The van der Waals surface area contributed by atoms with Gasteiger partial charge in [0.1, 0.15) is 23.3 Å². The number of benzene rings is 3. The zero-order valence-corrected chi connectivity index (χ0v) is 22.1. The number of hydrogen-bond acceptors (Lipinski definition) is 4. The average Bonchev–Trinajstić information content (AvgIpc) is 3.39. The topological polar surface area (TPSA) is 64.3 Å². The zero-order chi connectivity index (χ0) is 27.8. The summed E-state index contributed by atoms with van der Waals surface area (Å²) in [7, 11) is 0. The Morgan fingerprint density at radius 3 is 2.23 bits per heavy atom. The van der Waals surface area contributed by atoms with Gasteiger partial charge in [-0.3, -0.25) is 0 Å². The van der Waals surface area contributed by atoms with Crippen molar-refractivity contribution in [3.63, 3.8) is 0 Å². The second-order valence-corrected chi connectivity index (χ2v) is 9.99. The van der Waals surface area contributed by atoms with Gasteiger partial charge in [0.2, 0.25) is 0 Å². The Balaban J connectivity index is 1.60. The molecule has 4 rings (SSSR count). The summed E-state index contributed by atoms with van der Waals surface area (Å²) in [5.74, 6) is -2.55. The molecule has 3 aromatic carbocycles. The third kappa shape index (κ3) is 7.07. The Morgan fingerprint density at radius 1 is 0.949 bits per heavy atom. The Bertz CT molecular complexity index is 1550. The molecule has 4 aromatic rings. The van der Waals surface area contributed by atoms with Crippen LogP contribution in [0.1, 0.15) is 40.6 Å². The van der Waals surface area contributed by atoms with Crippen LogP contribution < -0.4 is 4.90 Å². The number of carbonyl (C=O) groups is 1. The maximum Gasteiger partial charge on any atom is 0.346 e. The molecular weight excluding hydrogens is 514 g/mol. The smallest absolute Gasteiger partial charge is 0.346 e. The standard InChI is InChI=1S/C32H26F2N2O2S/c1-2-3-4-22-5-11-26(12-6-22)36(31-18-10-25(33)20-30(31)34)27-13-7-23(8-14-27)9-15-28-16-17-29(39-28)19-24(21-35)32(37)38/h5-20H,2-4H2,1H3,(H,37,38)/b15-9+,24-19-. The van der Waals surface area contributed by atoms with Gasteiger partial charge >= 0.3 is 5.97 Å². The van der Waals surface area contributed by atoms with Gasteiger partial charge in [0, 0.05) is 27.2 Å². The lowest BCUT2D eigenvalue weighted by molar-refractivity contribution is -0.132. The van der Waals surface area contributed by atoms with Crippen LogP contribution in [0.3, 0.4) is 0 Å². The van der Waals surface area contributed by atoms with E-state index < -0.39 is 17.6 Å². The Hall–Kier alpha value is -4.54. The number of rotatable bonds is 10. The van der Waals surface area contributed by atoms with Crippen LogP contribution in [0, 0.1) is 23.0 Å². The fourth-order valence-corrected chi connectivity index (χ4v) is 4.87. The number of carboxylic acids is 1. The number of aliphatic carboxylic acids is 1. The van der Waals surface area contributed by atoms with Gasteiger partial charge in [-0.15, -0.1) is 11.3 Å². The normalized spacial score (nSPS) is 11.5. The zero-order valence-electron chi connectivity index (χ0n) is 21.3. The summed E-state index contributed by atoms with van der Waals surface area (Å²) in [5.41, 5.74) is 3.53. The summed E-state index contributed by atoms with van der Waals surface area (Å²) in [5, 5.41) is 18.0. The van der Waals surface area contributed by atoms with Gasteiger partial charge < -0.3 is 10.0 Å². The lowest BCUT2D eigenvalue weighted by Gasteiger charge is -2.26.